The molecular formula is C13H22FN3O2S. The lowest BCUT2D eigenvalue weighted by Crippen LogP contribution is -2.34. The highest BCUT2D eigenvalue weighted by Gasteiger charge is 2.19. The molecule has 5 nitrogen and oxygen atoms in total. The molecule has 114 valence electrons. The third kappa shape index (κ3) is 5.07. The highest BCUT2D eigenvalue weighted by atomic mass is 32.2. The van der Waals surface area contributed by atoms with Crippen LogP contribution < -0.4 is 10.5 Å². The molecule has 1 aromatic rings. The van der Waals surface area contributed by atoms with Gasteiger partial charge >= 0.3 is 0 Å². The molecule has 7 heteroatoms. The fourth-order valence-corrected chi connectivity index (χ4v) is 2.59. The quantitative estimate of drug-likeness (QED) is 0.834. The summed E-state index contributed by atoms with van der Waals surface area (Å²) < 4.78 is 36.1. The first-order valence-electron chi connectivity index (χ1n) is 6.22. The fraction of sp³-hybridized carbons (Fsp3) is 0.538. The van der Waals surface area contributed by atoms with Gasteiger partial charge in [-0.1, -0.05) is 13.8 Å². The van der Waals surface area contributed by atoms with Crippen LogP contribution in [0.2, 0.25) is 0 Å². The van der Waals surface area contributed by atoms with E-state index in [4.69, 9.17) is 5.14 Å². The minimum absolute atomic E-state index is 0.0471. The van der Waals surface area contributed by atoms with Gasteiger partial charge in [-0.2, -0.15) is 0 Å². The Morgan fingerprint density at radius 3 is 2.40 bits per heavy atom. The smallest absolute Gasteiger partial charge is 0.238 e. The Balaban J connectivity index is 2.80. The monoisotopic (exact) mass is 303 g/mol. The summed E-state index contributed by atoms with van der Waals surface area (Å²) in [6, 6.07) is 3.61. The zero-order chi connectivity index (χ0) is 15.6. The molecule has 0 radical (unpaired) electrons. The Hall–Kier alpha value is -1.18. The van der Waals surface area contributed by atoms with Gasteiger partial charge in [-0.3, -0.25) is 0 Å². The molecule has 0 atom stereocenters. The van der Waals surface area contributed by atoms with Gasteiger partial charge in [-0.15, -0.1) is 0 Å². The summed E-state index contributed by atoms with van der Waals surface area (Å²) in [7, 11) is 0.0751. The zero-order valence-corrected chi connectivity index (χ0v) is 13.1. The molecule has 0 unspecified atom stereocenters. The topological polar surface area (TPSA) is 75.4 Å². The molecule has 20 heavy (non-hydrogen) atoms. The summed E-state index contributed by atoms with van der Waals surface area (Å²) in [5.74, 6) is -0.628. The number of benzene rings is 1. The van der Waals surface area contributed by atoms with E-state index in [1.165, 1.54) is 12.1 Å². The second-order valence-electron chi connectivity index (χ2n) is 5.94. The van der Waals surface area contributed by atoms with Crippen LogP contribution >= 0.6 is 0 Å². The largest absolute Gasteiger partial charge is 0.382 e. The molecule has 0 fully saturated rings. The Kier molecular flexibility index (Phi) is 5.12. The lowest BCUT2D eigenvalue weighted by Gasteiger charge is -2.29. The molecule has 3 N–H and O–H groups in total. The van der Waals surface area contributed by atoms with E-state index < -0.39 is 15.8 Å². The van der Waals surface area contributed by atoms with Crippen LogP contribution in [0.15, 0.2) is 23.1 Å². The van der Waals surface area contributed by atoms with Gasteiger partial charge in [-0.25, -0.2) is 17.9 Å². The molecule has 0 aliphatic rings. The molecule has 0 spiro atoms. The Morgan fingerprint density at radius 2 is 1.95 bits per heavy atom. The van der Waals surface area contributed by atoms with Crippen LogP contribution in [0.1, 0.15) is 13.8 Å². The Morgan fingerprint density at radius 1 is 1.35 bits per heavy atom. The van der Waals surface area contributed by atoms with Crippen molar-refractivity contribution in [2.24, 2.45) is 10.6 Å². The molecule has 1 aromatic carbocycles. The van der Waals surface area contributed by atoms with Crippen LogP contribution in [-0.4, -0.2) is 40.5 Å². The van der Waals surface area contributed by atoms with Crippen molar-refractivity contribution in [3.63, 3.8) is 0 Å². The molecule has 0 heterocycles. The van der Waals surface area contributed by atoms with Crippen LogP contribution in [-0.2, 0) is 10.0 Å². The number of nitrogens with two attached hydrogens (primary N) is 1. The maximum absolute atomic E-state index is 13.8. The lowest BCUT2D eigenvalue weighted by atomic mass is 9.93. The van der Waals surface area contributed by atoms with Gasteiger partial charge in [-0.05, 0) is 37.7 Å². The van der Waals surface area contributed by atoms with E-state index in [-0.39, 0.29) is 16.0 Å². The van der Waals surface area contributed by atoms with E-state index in [1.54, 1.807) is 0 Å². The second kappa shape index (κ2) is 6.07. The normalized spacial score (nSPS) is 12.8. The molecule has 0 aliphatic carbocycles. The van der Waals surface area contributed by atoms with Gasteiger partial charge in [0, 0.05) is 13.1 Å². The molecule has 0 amide bonds. The van der Waals surface area contributed by atoms with E-state index in [1.807, 2.05) is 14.1 Å². The zero-order valence-electron chi connectivity index (χ0n) is 12.3. The number of hydrogen-bond acceptors (Lipinski definition) is 4. The number of hydrogen-bond donors (Lipinski definition) is 2. The van der Waals surface area contributed by atoms with Crippen molar-refractivity contribution in [3.05, 3.63) is 24.0 Å². The van der Waals surface area contributed by atoms with E-state index in [0.717, 1.165) is 12.6 Å². The van der Waals surface area contributed by atoms with Crippen molar-refractivity contribution >= 4 is 15.7 Å². The van der Waals surface area contributed by atoms with Crippen LogP contribution in [0, 0.1) is 11.2 Å². The lowest BCUT2D eigenvalue weighted by molar-refractivity contribution is 0.254. The summed E-state index contributed by atoms with van der Waals surface area (Å²) in [5, 5.41) is 7.95. The first-order valence-corrected chi connectivity index (χ1v) is 7.77. The van der Waals surface area contributed by atoms with Crippen molar-refractivity contribution in [3.8, 4) is 0 Å². The number of sulfonamides is 1. The Labute approximate surface area is 120 Å². The number of halogens is 1. The van der Waals surface area contributed by atoms with E-state index >= 15 is 0 Å². The van der Waals surface area contributed by atoms with Crippen molar-refractivity contribution in [2.45, 2.75) is 18.7 Å². The summed E-state index contributed by atoms with van der Waals surface area (Å²) in [6.07, 6.45) is 0. The second-order valence-corrected chi connectivity index (χ2v) is 7.50. The molecule has 0 saturated heterocycles. The van der Waals surface area contributed by atoms with Crippen molar-refractivity contribution in [1.29, 1.82) is 0 Å². The van der Waals surface area contributed by atoms with Crippen LogP contribution in [0.4, 0.5) is 10.1 Å². The number of anilines is 1. The maximum atomic E-state index is 13.8. The first kappa shape index (κ1) is 16.9. The van der Waals surface area contributed by atoms with Gasteiger partial charge < -0.3 is 10.2 Å². The number of nitrogens with one attached hydrogen (secondary N) is 1. The third-order valence-corrected chi connectivity index (χ3v) is 3.68. The average molecular weight is 303 g/mol. The van der Waals surface area contributed by atoms with Gasteiger partial charge in [0.1, 0.15) is 5.82 Å². The van der Waals surface area contributed by atoms with Gasteiger partial charge in [0.15, 0.2) is 0 Å². The van der Waals surface area contributed by atoms with E-state index in [0.29, 0.717) is 6.54 Å². The highest BCUT2D eigenvalue weighted by Crippen LogP contribution is 2.21. The van der Waals surface area contributed by atoms with Gasteiger partial charge in [0.05, 0.1) is 10.6 Å². The highest BCUT2D eigenvalue weighted by molar-refractivity contribution is 7.89. The predicted molar refractivity (Wildman–Crippen MR) is 78.6 cm³/mol. The van der Waals surface area contributed by atoms with Gasteiger partial charge in [0.2, 0.25) is 10.0 Å². The molecule has 1 rings (SSSR count). The van der Waals surface area contributed by atoms with Crippen molar-refractivity contribution in [1.82, 2.24) is 4.90 Å². The summed E-state index contributed by atoms with van der Waals surface area (Å²) in [5.41, 5.74) is 0.221. The minimum Gasteiger partial charge on any atom is -0.382 e. The summed E-state index contributed by atoms with van der Waals surface area (Å²) in [4.78, 5) is 1.83. The SMILES string of the molecule is CN(C)CC(C)(C)CNc1ccc(S(N)(=O)=O)cc1F. The maximum Gasteiger partial charge on any atom is 0.238 e. The molecular weight excluding hydrogens is 281 g/mol. The van der Waals surface area contributed by atoms with Gasteiger partial charge in [0.25, 0.3) is 0 Å². The fourth-order valence-electron chi connectivity index (χ4n) is 2.06. The first-order chi connectivity index (χ1) is 9.01. The average Bonchev–Trinajstić information content (AvgIpc) is 2.24. The number of primary sulfonamides is 1. The predicted octanol–water partition coefficient (Wildman–Crippen LogP) is 1.47. The molecule has 0 bridgehead atoms. The molecule has 0 aromatic heterocycles. The number of nitrogens with zero attached hydrogens (tertiary/aromatic N) is 1. The molecule has 0 aliphatic heterocycles. The molecule has 0 saturated carbocycles. The van der Waals surface area contributed by atoms with Crippen LogP contribution in [0.3, 0.4) is 0 Å². The third-order valence-electron chi connectivity index (χ3n) is 2.77. The van der Waals surface area contributed by atoms with E-state index in [2.05, 4.69) is 24.1 Å². The van der Waals surface area contributed by atoms with Crippen LogP contribution in [0.25, 0.3) is 0 Å². The van der Waals surface area contributed by atoms with Crippen LogP contribution in [0.5, 0.6) is 0 Å². The Bertz CT molecular complexity index is 571. The number of rotatable bonds is 6. The standard InChI is InChI=1S/C13H22FN3O2S/c1-13(2,9-17(3)4)8-16-12-6-5-10(7-11(12)14)20(15,18)19/h5-7,16H,8-9H2,1-4H3,(H2,15,18,19). The summed E-state index contributed by atoms with van der Waals surface area (Å²) in [6.45, 7) is 5.54. The summed E-state index contributed by atoms with van der Waals surface area (Å²) >= 11 is 0. The van der Waals surface area contributed by atoms with E-state index in [9.17, 15) is 12.8 Å². The van der Waals surface area contributed by atoms with Crippen molar-refractivity contribution < 1.29 is 12.8 Å². The van der Waals surface area contributed by atoms with Crippen molar-refractivity contribution in [2.75, 3.05) is 32.5 Å². The minimum atomic E-state index is -3.88.